The normalized spacial score (nSPS) is 11.6. The van der Waals surface area contributed by atoms with E-state index < -0.39 is 11.9 Å². The molecule has 1 unspecified atom stereocenters. The van der Waals surface area contributed by atoms with Gasteiger partial charge in [0, 0.05) is 12.2 Å². The third kappa shape index (κ3) is 28.7. The van der Waals surface area contributed by atoms with Crippen LogP contribution in [0.25, 0.3) is 6.08 Å². The molecule has 0 aliphatic carbocycles. The van der Waals surface area contributed by atoms with Crippen LogP contribution < -0.4 is 28.4 Å². The second-order valence-corrected chi connectivity index (χ2v) is 19.1. The van der Waals surface area contributed by atoms with Crippen LogP contribution in [0.4, 0.5) is 0 Å². The number of esters is 4. The molecule has 1 atom stereocenters. The highest BCUT2D eigenvalue weighted by molar-refractivity contribution is 5.93. The van der Waals surface area contributed by atoms with Crippen LogP contribution >= 0.6 is 0 Å². The molecule has 0 heterocycles. The number of hydrogen-bond acceptors (Lipinski definition) is 14. The van der Waals surface area contributed by atoms with Gasteiger partial charge >= 0.3 is 23.9 Å². The number of carbonyl (C=O) groups is 4. The fourth-order valence-electron chi connectivity index (χ4n) is 8.30. The van der Waals surface area contributed by atoms with Gasteiger partial charge in [-0.05, 0) is 150 Å². The first-order chi connectivity index (χ1) is 37.6. The molecule has 0 N–H and O–H groups in total. The average molecular weight is 1070 g/mol. The standard InChI is InChI=1S/C63H92O14/c1-7-10-40-73-56-36-32-50(47-58(56)68-4)30-28-31-61(65)75-44-25-21-20-23-42-72-55-38-35-53(71-41-22-18-19-24-43-74-57-37-33-51(48-59(57)69-5)34-39-60(64)70-6)49-54(55)63(67)77-46-27-17-15-13-11-12-14-16-26-45-76-62(66)52(9-3)29-8-2/h28,31-39,47-49,52H,7-27,29-30,40-46H2,1-6H3/b31-28+,39-34+. The summed E-state index contributed by atoms with van der Waals surface area (Å²) >= 11 is 0. The highest BCUT2D eigenvalue weighted by Crippen LogP contribution is 2.31. The first-order valence-electron chi connectivity index (χ1n) is 28.6. The average Bonchev–Trinajstić information content (AvgIpc) is 3.44. The fraction of sp³-hybridized carbons (Fsp3) is 0.587. The van der Waals surface area contributed by atoms with Gasteiger partial charge in [-0.1, -0.05) is 96.8 Å². The maximum absolute atomic E-state index is 13.5. The number of allylic oxidation sites excluding steroid dienone is 1. The van der Waals surface area contributed by atoms with Crippen molar-refractivity contribution < 1.29 is 66.5 Å². The molecule has 14 heteroatoms. The lowest BCUT2D eigenvalue weighted by Gasteiger charge is -2.14. The minimum atomic E-state index is -0.434. The monoisotopic (exact) mass is 1070 g/mol. The van der Waals surface area contributed by atoms with E-state index in [-0.39, 0.29) is 17.9 Å². The Kier molecular flexibility index (Phi) is 35.4. The van der Waals surface area contributed by atoms with Crippen LogP contribution in [0.1, 0.15) is 184 Å². The summed E-state index contributed by atoms with van der Waals surface area (Å²) in [5.74, 6) is 2.41. The number of methoxy groups -OCH3 is 3. The van der Waals surface area contributed by atoms with Crippen molar-refractivity contribution in [2.24, 2.45) is 5.92 Å². The second-order valence-electron chi connectivity index (χ2n) is 19.1. The highest BCUT2D eigenvalue weighted by atomic mass is 16.5. The van der Waals surface area contributed by atoms with Crippen LogP contribution in [0.2, 0.25) is 0 Å². The van der Waals surface area contributed by atoms with E-state index in [1.54, 1.807) is 38.5 Å². The van der Waals surface area contributed by atoms with Crippen molar-refractivity contribution in [3.8, 4) is 34.5 Å². The Balaban J connectivity index is 1.39. The molecule has 0 spiro atoms. The molecule has 0 amide bonds. The number of carbonyl (C=O) groups excluding carboxylic acids is 4. The van der Waals surface area contributed by atoms with Gasteiger partial charge in [0.25, 0.3) is 0 Å². The molecule has 0 saturated heterocycles. The molecule has 0 aliphatic rings. The predicted molar refractivity (Wildman–Crippen MR) is 303 cm³/mol. The Morgan fingerprint density at radius 3 is 1.57 bits per heavy atom. The molecule has 3 aromatic rings. The number of rotatable bonds is 45. The predicted octanol–water partition coefficient (Wildman–Crippen LogP) is 14.4. The van der Waals surface area contributed by atoms with Gasteiger partial charge in [0.2, 0.25) is 0 Å². The van der Waals surface area contributed by atoms with Crippen molar-refractivity contribution in [2.75, 3.05) is 67.6 Å². The maximum atomic E-state index is 13.5. The first kappa shape index (κ1) is 65.1. The van der Waals surface area contributed by atoms with E-state index in [1.807, 2.05) is 49.4 Å². The minimum absolute atomic E-state index is 0.0332. The lowest BCUT2D eigenvalue weighted by molar-refractivity contribution is -0.149. The molecule has 0 radical (unpaired) electrons. The Labute approximate surface area is 460 Å². The van der Waals surface area contributed by atoms with Gasteiger partial charge in [0.15, 0.2) is 23.0 Å². The number of unbranched alkanes of at least 4 members (excludes halogenated alkanes) is 15. The molecular weight excluding hydrogens is 981 g/mol. The van der Waals surface area contributed by atoms with Crippen molar-refractivity contribution in [2.45, 2.75) is 168 Å². The molecular formula is C63H92O14. The van der Waals surface area contributed by atoms with Crippen LogP contribution in [-0.2, 0) is 39.8 Å². The van der Waals surface area contributed by atoms with Gasteiger partial charge in [0.1, 0.15) is 17.1 Å². The van der Waals surface area contributed by atoms with E-state index in [0.717, 1.165) is 152 Å². The van der Waals surface area contributed by atoms with Crippen molar-refractivity contribution in [3.05, 3.63) is 89.5 Å². The van der Waals surface area contributed by atoms with Crippen LogP contribution in [0.5, 0.6) is 34.5 Å². The third-order valence-corrected chi connectivity index (χ3v) is 12.9. The van der Waals surface area contributed by atoms with Crippen molar-refractivity contribution in [1.29, 1.82) is 0 Å². The Morgan fingerprint density at radius 1 is 0.468 bits per heavy atom. The summed E-state index contributed by atoms with van der Waals surface area (Å²) in [7, 11) is 4.54. The molecule has 3 rings (SSSR count). The molecule has 0 bridgehead atoms. The summed E-state index contributed by atoms with van der Waals surface area (Å²) in [6, 6.07) is 16.6. The second kappa shape index (κ2) is 41.9. The van der Waals surface area contributed by atoms with Crippen LogP contribution in [0.3, 0.4) is 0 Å². The lowest BCUT2D eigenvalue weighted by Crippen LogP contribution is -2.17. The Morgan fingerprint density at radius 2 is 0.987 bits per heavy atom. The lowest BCUT2D eigenvalue weighted by atomic mass is 10.0. The molecule has 428 valence electrons. The number of benzene rings is 3. The van der Waals surface area contributed by atoms with E-state index in [0.29, 0.717) is 92.7 Å². The van der Waals surface area contributed by atoms with E-state index in [4.69, 9.17) is 42.6 Å². The zero-order chi connectivity index (χ0) is 55.6. The third-order valence-electron chi connectivity index (χ3n) is 12.9. The number of hydrogen-bond donors (Lipinski definition) is 0. The van der Waals surface area contributed by atoms with Gasteiger partial charge in [0.05, 0.1) is 73.5 Å². The largest absolute Gasteiger partial charge is 0.494 e. The zero-order valence-corrected chi connectivity index (χ0v) is 47.5. The molecule has 0 saturated carbocycles. The summed E-state index contributed by atoms with van der Waals surface area (Å²) < 4.78 is 56.4. The van der Waals surface area contributed by atoms with Gasteiger partial charge in [-0.3, -0.25) is 4.79 Å². The molecule has 14 nitrogen and oxygen atoms in total. The summed E-state index contributed by atoms with van der Waals surface area (Å²) in [6.07, 6.45) is 27.8. The first-order valence-corrected chi connectivity index (χ1v) is 28.6. The summed E-state index contributed by atoms with van der Waals surface area (Å²) in [5.41, 5.74) is 2.14. The van der Waals surface area contributed by atoms with Crippen molar-refractivity contribution in [3.63, 3.8) is 0 Å². The van der Waals surface area contributed by atoms with Gasteiger partial charge in [-0.2, -0.15) is 0 Å². The van der Waals surface area contributed by atoms with E-state index in [2.05, 4.69) is 18.6 Å². The summed E-state index contributed by atoms with van der Waals surface area (Å²) in [4.78, 5) is 49.5. The molecule has 0 aromatic heterocycles. The van der Waals surface area contributed by atoms with E-state index >= 15 is 0 Å². The van der Waals surface area contributed by atoms with Crippen molar-refractivity contribution >= 4 is 30.0 Å². The smallest absolute Gasteiger partial charge is 0.342 e. The maximum Gasteiger partial charge on any atom is 0.342 e. The van der Waals surface area contributed by atoms with Gasteiger partial charge < -0.3 is 47.4 Å². The molecule has 77 heavy (non-hydrogen) atoms. The quantitative estimate of drug-likeness (QED) is 0.0227. The molecule has 0 fully saturated rings. The fourth-order valence-corrected chi connectivity index (χ4v) is 8.30. The number of ether oxygens (including phenoxy) is 10. The summed E-state index contributed by atoms with van der Waals surface area (Å²) in [6.45, 7) is 9.52. The van der Waals surface area contributed by atoms with Crippen LogP contribution in [0.15, 0.2) is 72.8 Å². The molecule has 3 aromatic carbocycles. The summed E-state index contributed by atoms with van der Waals surface area (Å²) in [5, 5.41) is 0. The van der Waals surface area contributed by atoms with Gasteiger partial charge in [-0.25, -0.2) is 14.4 Å². The van der Waals surface area contributed by atoms with Crippen LogP contribution in [-0.4, -0.2) is 91.5 Å². The topological polar surface area (TPSA) is 161 Å². The van der Waals surface area contributed by atoms with Crippen LogP contribution in [0, 0.1) is 5.92 Å². The van der Waals surface area contributed by atoms with Gasteiger partial charge in [-0.15, -0.1) is 0 Å². The minimum Gasteiger partial charge on any atom is -0.494 e. The SMILES string of the molecule is CCCCOc1ccc(C/C=C/C(=O)OCCCCCCOc2ccc(OCCCCCCOc3ccc(/C=C/C(=O)OC)cc3OC)cc2C(=O)OCCCCCCCCCCCOC(=O)C(CC)CCC)cc1OC. The van der Waals surface area contributed by atoms with E-state index in [9.17, 15) is 19.2 Å². The molecule has 0 aliphatic heterocycles. The van der Waals surface area contributed by atoms with E-state index in [1.165, 1.54) is 19.3 Å². The Bertz CT molecular complexity index is 2170. The highest BCUT2D eigenvalue weighted by Gasteiger charge is 2.18. The Hall–Kier alpha value is -6.18. The zero-order valence-electron chi connectivity index (χ0n) is 47.5. The van der Waals surface area contributed by atoms with Crippen molar-refractivity contribution in [1.82, 2.24) is 0 Å².